The van der Waals surface area contributed by atoms with Crippen LogP contribution in [-0.2, 0) is 9.59 Å². The zero-order chi connectivity index (χ0) is 24.1. The van der Waals surface area contributed by atoms with Crippen molar-refractivity contribution in [1.82, 2.24) is 10.6 Å². The SMILES string of the molecule is CC(=C(F)F)C(CC(C)C)NC(=O)[C@H]1CC[C@H]2[C@@H]3CC[C@H]4NC(=O)CC[C@]4(C)[C@H]3CC[C@]12C. The lowest BCUT2D eigenvalue weighted by Gasteiger charge is -2.60. The Hall–Kier alpha value is -1.46. The van der Waals surface area contributed by atoms with Crippen LogP contribution in [0.4, 0.5) is 8.78 Å². The van der Waals surface area contributed by atoms with E-state index >= 15 is 0 Å². The number of nitrogens with one attached hydrogen (secondary N) is 2. The molecule has 0 aromatic carbocycles. The van der Waals surface area contributed by atoms with Crippen molar-refractivity contribution in [3.63, 3.8) is 0 Å². The van der Waals surface area contributed by atoms with Crippen molar-refractivity contribution in [2.75, 3.05) is 0 Å². The lowest BCUT2D eigenvalue weighted by atomic mass is 9.47. The first-order valence-electron chi connectivity index (χ1n) is 13.1. The maximum Gasteiger partial charge on any atom is 0.271 e. The molecule has 1 aliphatic heterocycles. The highest BCUT2D eigenvalue weighted by atomic mass is 19.3. The minimum absolute atomic E-state index is 0.00829. The van der Waals surface area contributed by atoms with E-state index in [2.05, 4.69) is 24.5 Å². The van der Waals surface area contributed by atoms with Crippen LogP contribution in [0.15, 0.2) is 11.7 Å². The molecule has 0 radical (unpaired) electrons. The number of hydrogen-bond acceptors (Lipinski definition) is 2. The monoisotopic (exact) mass is 464 g/mol. The molecule has 0 aromatic rings. The maximum atomic E-state index is 13.5. The predicted molar refractivity (Wildman–Crippen MR) is 125 cm³/mol. The molecule has 0 bridgehead atoms. The Kier molecular flexibility index (Phi) is 6.69. The molecule has 3 aliphatic carbocycles. The Labute approximate surface area is 197 Å². The number of rotatable bonds is 5. The lowest BCUT2D eigenvalue weighted by Crippen LogP contribution is -2.61. The highest BCUT2D eigenvalue weighted by Gasteiger charge is 2.61. The van der Waals surface area contributed by atoms with Gasteiger partial charge in [0.1, 0.15) is 0 Å². The molecule has 186 valence electrons. The van der Waals surface area contributed by atoms with Crippen molar-refractivity contribution in [2.45, 2.75) is 104 Å². The zero-order valence-corrected chi connectivity index (χ0v) is 21.0. The average molecular weight is 465 g/mol. The number of halogens is 2. The quantitative estimate of drug-likeness (QED) is 0.538. The number of piperidine rings is 1. The summed E-state index contributed by atoms with van der Waals surface area (Å²) in [6, 6.07) is -0.311. The Morgan fingerprint density at radius 1 is 1.06 bits per heavy atom. The fraction of sp³-hybridized carbons (Fsp3) is 0.852. The molecular weight excluding hydrogens is 422 g/mol. The van der Waals surface area contributed by atoms with E-state index in [1.165, 1.54) is 6.92 Å². The third-order valence-corrected chi connectivity index (χ3v) is 10.3. The Morgan fingerprint density at radius 3 is 2.42 bits per heavy atom. The van der Waals surface area contributed by atoms with Gasteiger partial charge in [0.05, 0.1) is 6.04 Å². The second-order valence-corrected chi connectivity index (χ2v) is 12.4. The molecule has 0 aromatic heterocycles. The van der Waals surface area contributed by atoms with Gasteiger partial charge in [0, 0.05) is 24.0 Å². The molecule has 33 heavy (non-hydrogen) atoms. The maximum absolute atomic E-state index is 13.5. The van der Waals surface area contributed by atoms with Crippen molar-refractivity contribution in [3.8, 4) is 0 Å². The topological polar surface area (TPSA) is 58.2 Å². The molecule has 2 amide bonds. The van der Waals surface area contributed by atoms with E-state index in [1.807, 2.05) is 13.8 Å². The molecule has 3 saturated carbocycles. The number of carbonyl (C=O) groups excluding carboxylic acids is 2. The summed E-state index contributed by atoms with van der Waals surface area (Å²) >= 11 is 0. The van der Waals surface area contributed by atoms with Crippen molar-refractivity contribution in [1.29, 1.82) is 0 Å². The van der Waals surface area contributed by atoms with Crippen LogP contribution in [-0.4, -0.2) is 23.9 Å². The molecule has 4 aliphatic rings. The van der Waals surface area contributed by atoms with Gasteiger partial charge in [-0.1, -0.05) is 27.7 Å². The van der Waals surface area contributed by atoms with Crippen LogP contribution >= 0.6 is 0 Å². The molecule has 1 heterocycles. The molecule has 4 nitrogen and oxygen atoms in total. The van der Waals surface area contributed by atoms with Crippen LogP contribution in [0, 0.1) is 40.4 Å². The van der Waals surface area contributed by atoms with Crippen molar-refractivity contribution in [3.05, 3.63) is 11.7 Å². The third-order valence-electron chi connectivity index (χ3n) is 10.3. The molecule has 2 N–H and O–H groups in total. The number of fused-ring (bicyclic) bond motifs is 5. The summed E-state index contributed by atoms with van der Waals surface area (Å²) in [5.41, 5.74) is 0.0771. The second kappa shape index (κ2) is 8.96. The lowest BCUT2D eigenvalue weighted by molar-refractivity contribution is -0.142. The Balaban J connectivity index is 1.51. The summed E-state index contributed by atoms with van der Waals surface area (Å²) in [4.78, 5) is 25.5. The Bertz CT molecular complexity index is 823. The van der Waals surface area contributed by atoms with Gasteiger partial charge in [-0.25, -0.2) is 0 Å². The second-order valence-electron chi connectivity index (χ2n) is 12.4. The van der Waals surface area contributed by atoms with E-state index < -0.39 is 12.1 Å². The standard InChI is InChI=1S/C27H42F2N2O2/c1-15(2)14-21(16(3)24(28)29)30-25(33)20-8-7-18-17-6-9-22-27(5,13-11-23(32)31-22)19(17)10-12-26(18,20)4/h15,17-22H,6-14H2,1-5H3,(H,30,33)(H,31,32)/t17-,18-,19-,20+,21?,22+,26-,27+/m0/s1. The van der Waals surface area contributed by atoms with Gasteiger partial charge >= 0.3 is 0 Å². The third kappa shape index (κ3) is 4.25. The van der Waals surface area contributed by atoms with E-state index in [0.29, 0.717) is 30.6 Å². The number of carbonyl (C=O) groups is 2. The summed E-state index contributed by atoms with van der Waals surface area (Å²) in [6.45, 7) is 10.1. The van der Waals surface area contributed by atoms with Gasteiger partial charge < -0.3 is 10.6 Å². The first-order chi connectivity index (χ1) is 15.5. The van der Waals surface area contributed by atoms with Gasteiger partial charge in [-0.05, 0) is 92.8 Å². The van der Waals surface area contributed by atoms with Crippen LogP contribution in [0.3, 0.4) is 0 Å². The van der Waals surface area contributed by atoms with E-state index in [1.54, 1.807) is 0 Å². The van der Waals surface area contributed by atoms with E-state index in [0.717, 1.165) is 44.9 Å². The highest BCUT2D eigenvalue weighted by molar-refractivity contribution is 5.80. The number of amides is 2. The predicted octanol–water partition coefficient (Wildman–Crippen LogP) is 5.83. The summed E-state index contributed by atoms with van der Waals surface area (Å²) in [5, 5.41) is 6.31. The van der Waals surface area contributed by atoms with Crippen LogP contribution < -0.4 is 10.6 Å². The normalized spacial score (nSPS) is 40.8. The zero-order valence-electron chi connectivity index (χ0n) is 21.0. The first kappa shape index (κ1) is 24.7. The van der Waals surface area contributed by atoms with Crippen LogP contribution in [0.5, 0.6) is 0 Å². The molecule has 8 atom stereocenters. The minimum atomic E-state index is -1.68. The molecular formula is C27H42F2N2O2. The van der Waals surface area contributed by atoms with E-state index in [4.69, 9.17) is 0 Å². The largest absolute Gasteiger partial charge is 0.353 e. The molecule has 4 fully saturated rings. The van der Waals surface area contributed by atoms with E-state index in [9.17, 15) is 18.4 Å². The molecule has 0 spiro atoms. The smallest absolute Gasteiger partial charge is 0.271 e. The molecule has 1 unspecified atom stereocenters. The number of hydrogen-bond donors (Lipinski definition) is 2. The molecule has 4 rings (SSSR count). The van der Waals surface area contributed by atoms with Gasteiger partial charge in [-0.3, -0.25) is 9.59 Å². The van der Waals surface area contributed by atoms with E-state index in [-0.39, 0.29) is 46.1 Å². The van der Waals surface area contributed by atoms with Crippen molar-refractivity contribution < 1.29 is 18.4 Å². The first-order valence-corrected chi connectivity index (χ1v) is 13.1. The summed E-state index contributed by atoms with van der Waals surface area (Å²) in [7, 11) is 0. The van der Waals surface area contributed by atoms with Crippen LogP contribution in [0.2, 0.25) is 0 Å². The summed E-state index contributed by atoms with van der Waals surface area (Å²) < 4.78 is 26.8. The van der Waals surface area contributed by atoms with Crippen molar-refractivity contribution >= 4 is 11.8 Å². The van der Waals surface area contributed by atoms with Crippen LogP contribution in [0.25, 0.3) is 0 Å². The minimum Gasteiger partial charge on any atom is -0.353 e. The van der Waals surface area contributed by atoms with Crippen molar-refractivity contribution in [2.24, 2.45) is 40.4 Å². The summed E-state index contributed by atoms with van der Waals surface area (Å²) in [5.74, 6) is 1.96. The fourth-order valence-corrected chi connectivity index (χ4v) is 8.35. The molecule has 1 saturated heterocycles. The van der Waals surface area contributed by atoms with Gasteiger partial charge in [-0.2, -0.15) is 8.78 Å². The van der Waals surface area contributed by atoms with Gasteiger partial charge in [0.25, 0.3) is 6.08 Å². The van der Waals surface area contributed by atoms with Crippen LogP contribution in [0.1, 0.15) is 92.4 Å². The summed E-state index contributed by atoms with van der Waals surface area (Å²) in [6.07, 6.45) is 6.58. The average Bonchev–Trinajstić information content (AvgIpc) is 3.10. The highest BCUT2D eigenvalue weighted by Crippen LogP contribution is 2.65. The fourth-order valence-electron chi connectivity index (χ4n) is 8.35. The van der Waals surface area contributed by atoms with Gasteiger partial charge in [0.2, 0.25) is 11.8 Å². The van der Waals surface area contributed by atoms with Gasteiger partial charge in [-0.15, -0.1) is 0 Å². The van der Waals surface area contributed by atoms with Gasteiger partial charge in [0.15, 0.2) is 0 Å². The Morgan fingerprint density at radius 2 is 1.76 bits per heavy atom. The molecule has 6 heteroatoms.